The maximum Gasteiger partial charge on any atom is 0.307 e. The normalized spacial score (nSPS) is 12.0. The highest BCUT2D eigenvalue weighted by Crippen LogP contribution is 2.39. The van der Waals surface area contributed by atoms with Crippen LogP contribution in [0.1, 0.15) is 23.3 Å². The molecule has 0 saturated carbocycles. The molecule has 1 N–H and O–H groups in total. The van der Waals surface area contributed by atoms with Crippen LogP contribution in [0.2, 0.25) is 0 Å². The molecule has 3 rings (SSSR count). The highest BCUT2D eigenvalue weighted by molar-refractivity contribution is 7.09. The second-order valence-corrected chi connectivity index (χ2v) is 6.03. The number of nitrogens with zero attached hydrogens (tertiary/aromatic N) is 1. The predicted molar refractivity (Wildman–Crippen MR) is 80.2 cm³/mol. The monoisotopic (exact) mass is 305 g/mol. The largest absolute Gasteiger partial charge is 0.497 e. The molecule has 110 valence electrons. The Balaban J connectivity index is 1.98. The summed E-state index contributed by atoms with van der Waals surface area (Å²) in [6.45, 7) is 0.438. The van der Waals surface area contributed by atoms with Gasteiger partial charge in [0.15, 0.2) is 0 Å². The van der Waals surface area contributed by atoms with Crippen molar-refractivity contribution in [1.82, 2.24) is 4.57 Å². The number of methoxy groups -OCH3 is 1. The minimum Gasteiger partial charge on any atom is -0.497 e. The van der Waals surface area contributed by atoms with E-state index in [9.17, 15) is 9.59 Å². The van der Waals surface area contributed by atoms with E-state index in [-0.39, 0.29) is 11.3 Å². The Morgan fingerprint density at radius 3 is 3.00 bits per heavy atom. The lowest BCUT2D eigenvalue weighted by Gasteiger charge is -2.08. The first-order valence-corrected chi connectivity index (χ1v) is 7.53. The van der Waals surface area contributed by atoms with Gasteiger partial charge in [0.2, 0.25) is 0 Å². The van der Waals surface area contributed by atoms with Crippen molar-refractivity contribution in [3.05, 3.63) is 38.3 Å². The number of carbonyl (C=O) groups is 1. The van der Waals surface area contributed by atoms with Gasteiger partial charge in [-0.15, -0.1) is 0 Å². The molecule has 1 aromatic carbocycles. The van der Waals surface area contributed by atoms with E-state index < -0.39 is 5.97 Å². The summed E-state index contributed by atoms with van der Waals surface area (Å²) in [4.78, 5) is 23.8. The van der Waals surface area contributed by atoms with Crippen molar-refractivity contribution in [3.8, 4) is 17.0 Å². The van der Waals surface area contributed by atoms with Crippen LogP contribution in [-0.4, -0.2) is 22.8 Å². The first kappa shape index (κ1) is 13.9. The van der Waals surface area contributed by atoms with Gasteiger partial charge in [-0.3, -0.25) is 14.2 Å². The molecule has 6 heteroatoms. The maximum absolute atomic E-state index is 12.1. The average molecular weight is 305 g/mol. The lowest BCUT2D eigenvalue weighted by atomic mass is 10.1. The molecule has 2 aromatic rings. The van der Waals surface area contributed by atoms with Crippen LogP contribution in [0.3, 0.4) is 0 Å². The number of fused-ring (bicyclic) bond motifs is 3. The van der Waals surface area contributed by atoms with Gasteiger partial charge in [0, 0.05) is 29.8 Å². The van der Waals surface area contributed by atoms with E-state index in [0.717, 1.165) is 28.3 Å². The molecular formula is C15H15NO4S. The van der Waals surface area contributed by atoms with Crippen LogP contribution in [0.4, 0.5) is 0 Å². The van der Waals surface area contributed by atoms with Gasteiger partial charge >= 0.3 is 10.8 Å². The van der Waals surface area contributed by atoms with Crippen LogP contribution in [0, 0.1) is 0 Å². The zero-order valence-corrected chi connectivity index (χ0v) is 12.4. The molecule has 0 bridgehead atoms. The van der Waals surface area contributed by atoms with Crippen LogP contribution in [0.25, 0.3) is 11.3 Å². The fraction of sp³-hybridized carbons (Fsp3) is 0.333. The lowest BCUT2D eigenvalue weighted by Crippen LogP contribution is -2.15. The van der Waals surface area contributed by atoms with Crippen molar-refractivity contribution >= 4 is 17.3 Å². The second-order valence-electron chi connectivity index (χ2n) is 4.99. The molecule has 5 nitrogen and oxygen atoms in total. The van der Waals surface area contributed by atoms with Gasteiger partial charge in [0.25, 0.3) is 0 Å². The number of hydrogen-bond acceptors (Lipinski definition) is 4. The fourth-order valence-corrected chi connectivity index (χ4v) is 3.74. The van der Waals surface area contributed by atoms with E-state index in [4.69, 9.17) is 9.84 Å². The van der Waals surface area contributed by atoms with Crippen molar-refractivity contribution in [2.24, 2.45) is 0 Å². The number of carboxylic acid groups (broad SMARTS) is 1. The zero-order valence-electron chi connectivity index (χ0n) is 11.6. The molecule has 0 unspecified atom stereocenters. The van der Waals surface area contributed by atoms with Crippen molar-refractivity contribution in [2.75, 3.05) is 7.11 Å². The Bertz CT molecular complexity index is 760. The number of hydrogen-bond donors (Lipinski definition) is 1. The Labute approximate surface area is 125 Å². The minimum atomic E-state index is -0.836. The van der Waals surface area contributed by atoms with Gasteiger partial charge in [0.05, 0.1) is 12.8 Å². The van der Waals surface area contributed by atoms with Gasteiger partial charge in [-0.1, -0.05) is 17.4 Å². The Kier molecular flexibility index (Phi) is 3.55. The summed E-state index contributed by atoms with van der Waals surface area (Å²) in [5.41, 5.74) is 3.14. The third kappa shape index (κ3) is 2.47. The molecule has 0 aliphatic heterocycles. The van der Waals surface area contributed by atoms with E-state index in [1.807, 2.05) is 18.2 Å². The number of ether oxygens (including phenoxy) is 1. The molecule has 0 saturated heterocycles. The summed E-state index contributed by atoms with van der Waals surface area (Å²) < 4.78 is 6.95. The van der Waals surface area contributed by atoms with Gasteiger partial charge in [0.1, 0.15) is 5.75 Å². The number of aromatic nitrogens is 1. The van der Waals surface area contributed by atoms with Crippen molar-refractivity contribution in [2.45, 2.75) is 25.8 Å². The number of thiazole rings is 1. The smallest absolute Gasteiger partial charge is 0.307 e. The Morgan fingerprint density at radius 1 is 1.48 bits per heavy atom. The molecule has 21 heavy (non-hydrogen) atoms. The highest BCUT2D eigenvalue weighted by atomic mass is 32.1. The minimum absolute atomic E-state index is 0.0149. The van der Waals surface area contributed by atoms with Crippen LogP contribution in [0.5, 0.6) is 5.75 Å². The van der Waals surface area contributed by atoms with E-state index in [0.29, 0.717) is 13.0 Å². The molecule has 0 atom stereocenters. The molecule has 0 fully saturated rings. The Morgan fingerprint density at radius 2 is 2.29 bits per heavy atom. The summed E-state index contributed by atoms with van der Waals surface area (Å²) in [6.07, 6.45) is 1.29. The standard InChI is InChI=1S/C15H15NO4S/c1-20-10-5-4-9-7-12-14(11(9)8-10)16(15(19)21-12)6-2-3-13(17)18/h4-5,8H,2-3,6-7H2,1H3,(H,17,18). The quantitative estimate of drug-likeness (QED) is 0.785. The van der Waals surface area contributed by atoms with Crippen molar-refractivity contribution < 1.29 is 14.6 Å². The van der Waals surface area contributed by atoms with Gasteiger partial charge < -0.3 is 9.84 Å². The van der Waals surface area contributed by atoms with Crippen molar-refractivity contribution in [1.29, 1.82) is 0 Å². The highest BCUT2D eigenvalue weighted by Gasteiger charge is 2.25. The molecule has 1 aliphatic rings. The molecule has 1 heterocycles. The molecular weight excluding hydrogens is 290 g/mol. The van der Waals surface area contributed by atoms with Crippen LogP contribution < -0.4 is 9.61 Å². The molecule has 1 aromatic heterocycles. The van der Waals surface area contributed by atoms with Crippen molar-refractivity contribution in [3.63, 3.8) is 0 Å². The van der Waals surface area contributed by atoms with E-state index in [1.54, 1.807) is 11.7 Å². The first-order valence-electron chi connectivity index (χ1n) is 6.71. The number of benzene rings is 1. The summed E-state index contributed by atoms with van der Waals surface area (Å²) in [6, 6.07) is 5.89. The van der Waals surface area contributed by atoms with Crippen LogP contribution in [0.15, 0.2) is 23.0 Å². The predicted octanol–water partition coefficient (Wildman–Crippen LogP) is 2.35. The maximum atomic E-state index is 12.1. The third-order valence-corrected chi connectivity index (χ3v) is 4.64. The number of aliphatic carboxylic acids is 1. The SMILES string of the molecule is COc1ccc2c(c1)-c1c(sc(=O)n1CCCC(=O)O)C2. The Hall–Kier alpha value is -2.08. The molecule has 0 spiro atoms. The zero-order chi connectivity index (χ0) is 15.0. The molecule has 0 radical (unpaired) electrons. The fourth-order valence-electron chi connectivity index (χ4n) is 2.69. The van der Waals surface area contributed by atoms with Gasteiger partial charge in [-0.25, -0.2) is 0 Å². The molecule has 1 aliphatic carbocycles. The number of rotatable bonds is 5. The van der Waals surface area contributed by atoms with Crippen LogP contribution >= 0.6 is 11.3 Å². The summed E-state index contributed by atoms with van der Waals surface area (Å²) in [7, 11) is 1.62. The summed E-state index contributed by atoms with van der Waals surface area (Å²) in [5.74, 6) is -0.0747. The first-order chi connectivity index (χ1) is 10.1. The molecule has 0 amide bonds. The summed E-state index contributed by atoms with van der Waals surface area (Å²) >= 11 is 1.25. The van der Waals surface area contributed by atoms with E-state index in [2.05, 4.69) is 0 Å². The number of carboxylic acids is 1. The topological polar surface area (TPSA) is 68.5 Å². The van der Waals surface area contributed by atoms with Gasteiger partial charge in [-0.05, 0) is 24.1 Å². The van der Waals surface area contributed by atoms with Crippen LogP contribution in [-0.2, 0) is 17.8 Å². The van der Waals surface area contributed by atoms with Gasteiger partial charge in [-0.2, -0.15) is 0 Å². The lowest BCUT2D eigenvalue weighted by molar-refractivity contribution is -0.137. The van der Waals surface area contributed by atoms with E-state index >= 15 is 0 Å². The van der Waals surface area contributed by atoms with E-state index in [1.165, 1.54) is 16.9 Å². The average Bonchev–Trinajstić information content (AvgIpc) is 2.94. The third-order valence-electron chi connectivity index (χ3n) is 3.66. The second kappa shape index (κ2) is 5.37. The summed E-state index contributed by atoms with van der Waals surface area (Å²) in [5, 5.41) is 8.73.